The van der Waals surface area contributed by atoms with Crippen LogP contribution < -0.4 is 9.62 Å². The Kier molecular flexibility index (Phi) is 6.31. The maximum absolute atomic E-state index is 12.6. The highest BCUT2D eigenvalue weighted by molar-refractivity contribution is 7.92. The summed E-state index contributed by atoms with van der Waals surface area (Å²) in [5, 5.41) is 3.31. The van der Waals surface area contributed by atoms with Crippen LogP contribution in [-0.4, -0.2) is 26.6 Å². The van der Waals surface area contributed by atoms with E-state index in [0.717, 1.165) is 27.3 Å². The first kappa shape index (κ1) is 20.3. The smallest absolute Gasteiger partial charge is 0.243 e. The number of halogens is 1. The van der Waals surface area contributed by atoms with Crippen molar-refractivity contribution in [2.24, 2.45) is 0 Å². The Morgan fingerprint density at radius 3 is 2.27 bits per heavy atom. The van der Waals surface area contributed by atoms with E-state index < -0.39 is 22.0 Å². The first-order valence-electron chi connectivity index (χ1n) is 8.18. The molecule has 26 heavy (non-hydrogen) atoms. The minimum Gasteiger partial charge on any atom is -0.350 e. The van der Waals surface area contributed by atoms with Crippen molar-refractivity contribution in [3.8, 4) is 0 Å². The molecule has 2 rings (SSSR count). The number of hydrogen-bond donors (Lipinski definition) is 1. The number of sulfonamides is 1. The van der Waals surface area contributed by atoms with Crippen LogP contribution in [0, 0.1) is 13.8 Å². The van der Waals surface area contributed by atoms with Gasteiger partial charge in [0.25, 0.3) is 0 Å². The summed E-state index contributed by atoms with van der Waals surface area (Å²) in [6, 6.07) is 11.8. The zero-order valence-electron chi connectivity index (χ0n) is 15.3. The van der Waals surface area contributed by atoms with E-state index in [9.17, 15) is 13.2 Å². The van der Waals surface area contributed by atoms with Gasteiger partial charge in [0, 0.05) is 11.6 Å². The van der Waals surface area contributed by atoms with Crippen molar-refractivity contribution in [3.05, 3.63) is 64.2 Å². The van der Waals surface area contributed by atoms with Crippen molar-refractivity contribution in [1.82, 2.24) is 5.32 Å². The summed E-state index contributed by atoms with van der Waals surface area (Å²) in [4.78, 5) is 12.6. The predicted octanol–water partition coefficient (Wildman–Crippen LogP) is 3.43. The Balaban J connectivity index is 2.25. The second kappa shape index (κ2) is 8.10. The molecule has 0 aliphatic carbocycles. The first-order chi connectivity index (χ1) is 12.1. The SMILES string of the molecule is Cc1cc(C)cc(N([C@@H](C)C(=O)NCc2ccccc2Cl)S(C)(=O)=O)c1. The van der Waals surface area contributed by atoms with Crippen molar-refractivity contribution in [2.45, 2.75) is 33.4 Å². The lowest BCUT2D eigenvalue weighted by molar-refractivity contribution is -0.122. The first-order valence-corrected chi connectivity index (χ1v) is 10.4. The maximum atomic E-state index is 12.6. The number of benzene rings is 2. The number of nitrogens with one attached hydrogen (secondary N) is 1. The summed E-state index contributed by atoms with van der Waals surface area (Å²) in [7, 11) is -3.64. The fourth-order valence-corrected chi connectivity index (χ4v) is 4.22. The van der Waals surface area contributed by atoms with Crippen LogP contribution in [0.2, 0.25) is 5.02 Å². The standard InChI is InChI=1S/C19H23ClN2O3S/c1-13-9-14(2)11-17(10-13)22(26(4,24)25)15(3)19(23)21-12-16-7-5-6-8-18(16)20/h5-11,15H,12H2,1-4H3,(H,21,23)/t15-/m0/s1. The summed E-state index contributed by atoms with van der Waals surface area (Å²) < 4.78 is 25.9. The molecule has 0 bridgehead atoms. The van der Waals surface area contributed by atoms with Gasteiger partial charge in [0.1, 0.15) is 6.04 Å². The van der Waals surface area contributed by atoms with Gasteiger partial charge >= 0.3 is 0 Å². The van der Waals surface area contributed by atoms with Gasteiger partial charge in [0.15, 0.2) is 0 Å². The molecule has 0 radical (unpaired) electrons. The van der Waals surface area contributed by atoms with E-state index in [-0.39, 0.29) is 6.54 Å². The van der Waals surface area contributed by atoms with Crippen LogP contribution in [0.15, 0.2) is 42.5 Å². The lowest BCUT2D eigenvalue weighted by Gasteiger charge is -2.29. The third kappa shape index (κ3) is 4.99. The number of amides is 1. The third-order valence-corrected chi connectivity index (χ3v) is 5.57. The molecule has 5 nitrogen and oxygen atoms in total. The van der Waals surface area contributed by atoms with E-state index in [2.05, 4.69) is 5.32 Å². The van der Waals surface area contributed by atoms with Crippen molar-refractivity contribution < 1.29 is 13.2 Å². The summed E-state index contributed by atoms with van der Waals surface area (Å²) >= 11 is 6.10. The Bertz CT molecular complexity index is 893. The minimum atomic E-state index is -3.64. The molecular weight excluding hydrogens is 372 g/mol. The number of hydrogen-bond acceptors (Lipinski definition) is 3. The predicted molar refractivity (Wildman–Crippen MR) is 106 cm³/mol. The number of nitrogens with zero attached hydrogens (tertiary/aromatic N) is 1. The van der Waals surface area contributed by atoms with E-state index in [1.54, 1.807) is 25.1 Å². The van der Waals surface area contributed by atoms with Gasteiger partial charge in [-0.1, -0.05) is 35.9 Å². The zero-order chi connectivity index (χ0) is 19.5. The van der Waals surface area contributed by atoms with Crippen LogP contribution in [0.1, 0.15) is 23.6 Å². The second-order valence-corrected chi connectivity index (χ2v) is 8.66. The highest BCUT2D eigenvalue weighted by atomic mass is 35.5. The van der Waals surface area contributed by atoms with Gasteiger partial charge < -0.3 is 5.32 Å². The molecule has 0 aromatic heterocycles. The van der Waals surface area contributed by atoms with Crippen LogP contribution >= 0.6 is 11.6 Å². The second-order valence-electron chi connectivity index (χ2n) is 6.39. The van der Waals surface area contributed by atoms with Gasteiger partial charge in [-0.05, 0) is 55.7 Å². The molecule has 0 fully saturated rings. The van der Waals surface area contributed by atoms with Crippen LogP contribution in [0.4, 0.5) is 5.69 Å². The van der Waals surface area contributed by atoms with Gasteiger partial charge in [-0.3, -0.25) is 9.10 Å². The van der Waals surface area contributed by atoms with Crippen molar-refractivity contribution in [2.75, 3.05) is 10.6 Å². The molecule has 0 spiro atoms. The molecule has 7 heteroatoms. The van der Waals surface area contributed by atoms with Gasteiger partial charge in [-0.25, -0.2) is 8.42 Å². The Morgan fingerprint density at radius 2 is 1.73 bits per heavy atom. The molecule has 0 heterocycles. The number of carbonyl (C=O) groups is 1. The number of rotatable bonds is 6. The van der Waals surface area contributed by atoms with Gasteiger partial charge in [0.05, 0.1) is 11.9 Å². The lowest BCUT2D eigenvalue weighted by atomic mass is 10.1. The molecule has 1 amide bonds. The van der Waals surface area contributed by atoms with E-state index in [0.29, 0.717) is 10.7 Å². The normalized spacial score (nSPS) is 12.5. The van der Waals surface area contributed by atoms with Crippen LogP contribution in [0.25, 0.3) is 0 Å². The van der Waals surface area contributed by atoms with Gasteiger partial charge in [-0.2, -0.15) is 0 Å². The van der Waals surface area contributed by atoms with Crippen molar-refractivity contribution >= 4 is 33.2 Å². The third-order valence-electron chi connectivity index (χ3n) is 3.96. The van der Waals surface area contributed by atoms with Crippen LogP contribution in [0.3, 0.4) is 0 Å². The molecule has 1 atom stereocenters. The van der Waals surface area contributed by atoms with Crippen LogP contribution in [0.5, 0.6) is 0 Å². The molecule has 140 valence electrons. The molecule has 1 N–H and O–H groups in total. The van der Waals surface area contributed by atoms with E-state index >= 15 is 0 Å². The highest BCUT2D eigenvalue weighted by Gasteiger charge is 2.29. The highest BCUT2D eigenvalue weighted by Crippen LogP contribution is 2.24. The summed E-state index contributed by atoms with van der Waals surface area (Å²) in [6.07, 6.45) is 1.10. The Hall–Kier alpha value is -2.05. The molecule has 2 aromatic carbocycles. The Labute approximate surface area is 160 Å². The monoisotopic (exact) mass is 394 g/mol. The molecular formula is C19H23ClN2O3S. The fraction of sp³-hybridized carbons (Fsp3) is 0.316. The minimum absolute atomic E-state index is 0.229. The average Bonchev–Trinajstić information content (AvgIpc) is 2.51. The van der Waals surface area contributed by atoms with Crippen LogP contribution in [-0.2, 0) is 21.4 Å². The quantitative estimate of drug-likeness (QED) is 0.816. The van der Waals surface area contributed by atoms with E-state index in [1.807, 2.05) is 38.1 Å². The molecule has 0 aliphatic heterocycles. The zero-order valence-corrected chi connectivity index (χ0v) is 16.9. The van der Waals surface area contributed by atoms with Crippen molar-refractivity contribution in [1.29, 1.82) is 0 Å². The fourth-order valence-electron chi connectivity index (χ4n) is 2.86. The average molecular weight is 395 g/mol. The molecule has 0 unspecified atom stereocenters. The lowest BCUT2D eigenvalue weighted by Crippen LogP contribution is -2.47. The largest absolute Gasteiger partial charge is 0.350 e. The molecule has 2 aromatic rings. The number of carbonyl (C=O) groups excluding carboxylic acids is 1. The summed E-state index contributed by atoms with van der Waals surface area (Å²) in [5.74, 6) is -0.394. The number of anilines is 1. The van der Waals surface area contributed by atoms with Crippen molar-refractivity contribution in [3.63, 3.8) is 0 Å². The Morgan fingerprint density at radius 1 is 1.15 bits per heavy atom. The van der Waals surface area contributed by atoms with E-state index in [1.165, 1.54) is 0 Å². The number of aryl methyl sites for hydroxylation is 2. The van der Waals surface area contributed by atoms with Gasteiger partial charge in [-0.15, -0.1) is 0 Å². The maximum Gasteiger partial charge on any atom is 0.243 e. The van der Waals surface area contributed by atoms with Gasteiger partial charge in [0.2, 0.25) is 15.9 Å². The topological polar surface area (TPSA) is 66.5 Å². The molecule has 0 saturated heterocycles. The molecule has 0 aliphatic rings. The summed E-state index contributed by atoms with van der Waals surface area (Å²) in [6.45, 7) is 5.58. The summed E-state index contributed by atoms with van der Waals surface area (Å²) in [5.41, 5.74) is 3.10. The van der Waals surface area contributed by atoms with E-state index in [4.69, 9.17) is 11.6 Å². The molecule has 0 saturated carbocycles.